The Bertz CT molecular complexity index is 589. The Morgan fingerprint density at radius 3 is 2.70 bits per heavy atom. The van der Waals surface area contributed by atoms with Gasteiger partial charge in [-0.15, -0.1) is 0 Å². The van der Waals surface area contributed by atoms with Crippen molar-refractivity contribution in [1.29, 1.82) is 0 Å². The van der Waals surface area contributed by atoms with Gasteiger partial charge in [0.2, 0.25) is 0 Å². The molecule has 0 aliphatic rings. The van der Waals surface area contributed by atoms with Gasteiger partial charge < -0.3 is 5.32 Å². The molecule has 1 atom stereocenters. The second-order valence-corrected chi connectivity index (χ2v) is 5.59. The first-order chi connectivity index (χ1) is 9.54. The van der Waals surface area contributed by atoms with E-state index in [1.54, 1.807) is 0 Å². The van der Waals surface area contributed by atoms with Crippen molar-refractivity contribution in [3.63, 3.8) is 0 Å². The van der Waals surface area contributed by atoms with E-state index in [-0.39, 0.29) is 6.04 Å². The summed E-state index contributed by atoms with van der Waals surface area (Å²) in [4.78, 5) is 0. The molecule has 0 fully saturated rings. The number of hydrogen-bond donors (Lipinski definition) is 1. The molecule has 1 aromatic heterocycles. The summed E-state index contributed by atoms with van der Waals surface area (Å²) in [5.41, 5.74) is 4.54. The molecule has 1 N–H and O–H groups in total. The number of halogens is 1. The maximum Gasteiger partial charge on any atom is 0.0571 e. The van der Waals surface area contributed by atoms with Crippen molar-refractivity contribution in [2.45, 2.75) is 33.2 Å². The Kier molecular flexibility index (Phi) is 4.84. The summed E-state index contributed by atoms with van der Waals surface area (Å²) in [6.45, 7) is 7.37. The number of rotatable bonds is 5. The van der Waals surface area contributed by atoms with Gasteiger partial charge in [0, 0.05) is 29.4 Å². The van der Waals surface area contributed by atoms with Crippen LogP contribution in [0.3, 0.4) is 0 Å². The molecule has 3 nitrogen and oxygen atoms in total. The van der Waals surface area contributed by atoms with Gasteiger partial charge in [-0.25, -0.2) is 0 Å². The maximum absolute atomic E-state index is 6.45. The predicted molar refractivity (Wildman–Crippen MR) is 85.1 cm³/mol. The molecule has 2 rings (SSSR count). The monoisotopic (exact) mass is 291 g/mol. The molecule has 0 amide bonds. The van der Waals surface area contributed by atoms with Crippen LogP contribution in [-0.2, 0) is 7.05 Å². The zero-order valence-corrected chi connectivity index (χ0v) is 13.3. The van der Waals surface area contributed by atoms with Gasteiger partial charge in [-0.2, -0.15) is 5.10 Å². The van der Waals surface area contributed by atoms with Gasteiger partial charge in [0.1, 0.15) is 0 Å². The van der Waals surface area contributed by atoms with Crippen molar-refractivity contribution < 1.29 is 0 Å². The zero-order valence-electron chi connectivity index (χ0n) is 12.6. The summed E-state index contributed by atoms with van der Waals surface area (Å²) in [6, 6.07) is 6.53. The van der Waals surface area contributed by atoms with Crippen LogP contribution in [0.25, 0.3) is 11.1 Å². The summed E-state index contributed by atoms with van der Waals surface area (Å²) in [5, 5.41) is 8.55. The molecule has 108 valence electrons. The zero-order chi connectivity index (χ0) is 14.7. The van der Waals surface area contributed by atoms with Crippen LogP contribution in [0.5, 0.6) is 0 Å². The first-order valence-corrected chi connectivity index (χ1v) is 7.44. The van der Waals surface area contributed by atoms with Crippen molar-refractivity contribution in [3.8, 4) is 11.1 Å². The normalized spacial score (nSPS) is 12.7. The van der Waals surface area contributed by atoms with Crippen molar-refractivity contribution in [1.82, 2.24) is 15.1 Å². The Hall–Kier alpha value is -1.32. The summed E-state index contributed by atoms with van der Waals surface area (Å²) in [5.74, 6) is 0. The fourth-order valence-corrected chi connectivity index (χ4v) is 2.64. The van der Waals surface area contributed by atoms with E-state index in [2.05, 4.69) is 43.3 Å². The lowest BCUT2D eigenvalue weighted by atomic mass is 10.0. The summed E-state index contributed by atoms with van der Waals surface area (Å²) >= 11 is 6.45. The maximum atomic E-state index is 6.45. The first-order valence-electron chi connectivity index (χ1n) is 7.06. The van der Waals surface area contributed by atoms with E-state index in [1.165, 1.54) is 0 Å². The minimum absolute atomic E-state index is 0.270. The molecular weight excluding hydrogens is 270 g/mol. The third-order valence-electron chi connectivity index (χ3n) is 3.71. The van der Waals surface area contributed by atoms with Crippen molar-refractivity contribution in [2.24, 2.45) is 7.05 Å². The molecule has 4 heteroatoms. The standard InChI is InChI=1S/C16H22ClN3/c1-5-8-18-11(2)14-7-6-13(9-16(14)17)15-10-19-20(4)12(15)3/h6-7,9-11,18H,5,8H2,1-4H3. The average molecular weight is 292 g/mol. The fourth-order valence-electron chi connectivity index (χ4n) is 2.30. The number of benzene rings is 1. The predicted octanol–water partition coefficient (Wildman–Crippen LogP) is 4.11. The molecule has 0 radical (unpaired) electrons. The molecule has 0 aliphatic carbocycles. The Labute approximate surface area is 126 Å². The third-order valence-corrected chi connectivity index (χ3v) is 4.04. The van der Waals surface area contributed by atoms with Gasteiger partial charge in [-0.3, -0.25) is 4.68 Å². The van der Waals surface area contributed by atoms with Crippen molar-refractivity contribution in [3.05, 3.63) is 40.7 Å². The molecule has 20 heavy (non-hydrogen) atoms. The van der Waals surface area contributed by atoms with Crippen LogP contribution in [0.4, 0.5) is 0 Å². The first kappa shape index (κ1) is 15.1. The molecule has 0 saturated carbocycles. The van der Waals surface area contributed by atoms with E-state index in [1.807, 2.05) is 24.0 Å². The van der Waals surface area contributed by atoms with Crippen LogP contribution < -0.4 is 5.32 Å². The molecule has 1 heterocycles. The number of nitrogens with zero attached hydrogens (tertiary/aromatic N) is 2. The smallest absolute Gasteiger partial charge is 0.0571 e. The minimum Gasteiger partial charge on any atom is -0.310 e. The molecule has 0 bridgehead atoms. The van der Waals surface area contributed by atoms with E-state index >= 15 is 0 Å². The topological polar surface area (TPSA) is 29.9 Å². The lowest BCUT2D eigenvalue weighted by Crippen LogP contribution is -2.19. The second-order valence-electron chi connectivity index (χ2n) is 5.18. The highest BCUT2D eigenvalue weighted by Crippen LogP contribution is 2.30. The van der Waals surface area contributed by atoms with Crippen LogP contribution in [-0.4, -0.2) is 16.3 Å². The largest absolute Gasteiger partial charge is 0.310 e. The fraction of sp³-hybridized carbons (Fsp3) is 0.438. The molecule has 1 unspecified atom stereocenters. The SMILES string of the molecule is CCCNC(C)c1ccc(-c2cnn(C)c2C)cc1Cl. The van der Waals surface area contributed by atoms with Gasteiger partial charge in [0.05, 0.1) is 6.20 Å². The van der Waals surface area contributed by atoms with Gasteiger partial charge in [-0.1, -0.05) is 30.7 Å². The molecule has 0 saturated heterocycles. The van der Waals surface area contributed by atoms with Crippen molar-refractivity contribution >= 4 is 11.6 Å². The van der Waals surface area contributed by atoms with Crippen LogP contribution >= 0.6 is 11.6 Å². The number of nitrogens with one attached hydrogen (secondary N) is 1. The summed E-state index contributed by atoms with van der Waals surface area (Å²) in [6.07, 6.45) is 3.01. The number of aryl methyl sites for hydroxylation is 1. The Morgan fingerprint density at radius 2 is 2.15 bits per heavy atom. The third kappa shape index (κ3) is 3.05. The quantitative estimate of drug-likeness (QED) is 0.898. The highest BCUT2D eigenvalue weighted by molar-refractivity contribution is 6.31. The van der Waals surface area contributed by atoms with Crippen LogP contribution in [0.15, 0.2) is 24.4 Å². The number of hydrogen-bond acceptors (Lipinski definition) is 2. The average Bonchev–Trinajstić information content (AvgIpc) is 2.76. The van der Waals surface area contributed by atoms with Crippen LogP contribution in [0.1, 0.15) is 37.6 Å². The van der Waals surface area contributed by atoms with E-state index in [9.17, 15) is 0 Å². The minimum atomic E-state index is 0.270. The Morgan fingerprint density at radius 1 is 1.40 bits per heavy atom. The Balaban J connectivity index is 2.28. The molecule has 0 aliphatic heterocycles. The highest BCUT2D eigenvalue weighted by atomic mass is 35.5. The summed E-state index contributed by atoms with van der Waals surface area (Å²) in [7, 11) is 1.95. The van der Waals surface area contributed by atoms with E-state index < -0.39 is 0 Å². The van der Waals surface area contributed by atoms with Crippen molar-refractivity contribution in [2.75, 3.05) is 6.54 Å². The van der Waals surface area contributed by atoms with Crippen LogP contribution in [0.2, 0.25) is 5.02 Å². The summed E-state index contributed by atoms with van der Waals surface area (Å²) < 4.78 is 1.88. The molecular formula is C16H22ClN3. The van der Waals surface area contributed by atoms with Crippen LogP contribution in [0, 0.1) is 6.92 Å². The van der Waals surface area contributed by atoms with E-state index in [4.69, 9.17) is 11.6 Å². The van der Waals surface area contributed by atoms with Gasteiger partial charge in [0.25, 0.3) is 0 Å². The van der Waals surface area contributed by atoms with Gasteiger partial charge in [0.15, 0.2) is 0 Å². The number of aromatic nitrogens is 2. The van der Waals surface area contributed by atoms with Gasteiger partial charge in [-0.05, 0) is 44.0 Å². The second kappa shape index (κ2) is 6.42. The van der Waals surface area contributed by atoms with Gasteiger partial charge >= 0.3 is 0 Å². The van der Waals surface area contributed by atoms with E-state index in [0.29, 0.717) is 0 Å². The molecule has 1 aromatic carbocycles. The van der Waals surface area contributed by atoms with E-state index in [0.717, 1.165) is 40.4 Å². The molecule has 2 aromatic rings. The lowest BCUT2D eigenvalue weighted by molar-refractivity contribution is 0.571. The highest BCUT2D eigenvalue weighted by Gasteiger charge is 2.12. The lowest BCUT2D eigenvalue weighted by Gasteiger charge is -2.16. The molecule has 0 spiro atoms.